The van der Waals surface area contributed by atoms with Crippen LogP contribution in [0.5, 0.6) is 0 Å². The quantitative estimate of drug-likeness (QED) is 0.765. The zero-order valence-electron chi connectivity index (χ0n) is 12.9. The molecule has 0 aromatic carbocycles. The lowest BCUT2D eigenvalue weighted by molar-refractivity contribution is -0.134. The molecular formula is C15H31N3O. The van der Waals surface area contributed by atoms with Crippen LogP contribution in [0.25, 0.3) is 0 Å². The van der Waals surface area contributed by atoms with Crippen molar-refractivity contribution < 1.29 is 4.79 Å². The number of likely N-dealkylation sites (N-methyl/N-ethyl adjacent to an activating group) is 1. The molecule has 1 heterocycles. The van der Waals surface area contributed by atoms with Gasteiger partial charge in [0.1, 0.15) is 0 Å². The Balaban J connectivity index is 2.37. The van der Waals surface area contributed by atoms with Crippen molar-refractivity contribution in [1.29, 1.82) is 0 Å². The fourth-order valence-electron chi connectivity index (χ4n) is 2.89. The minimum atomic E-state index is 0.335. The van der Waals surface area contributed by atoms with Crippen molar-refractivity contribution in [2.75, 3.05) is 33.2 Å². The SMILES string of the molecule is CCC(CCN)CCC(=O)N1CCN(C)C(CC)C1. The summed E-state index contributed by atoms with van der Waals surface area (Å²) in [6, 6.07) is 0.531. The largest absolute Gasteiger partial charge is 0.340 e. The summed E-state index contributed by atoms with van der Waals surface area (Å²) in [6.07, 6.45) is 4.98. The minimum absolute atomic E-state index is 0.335. The van der Waals surface area contributed by atoms with Gasteiger partial charge >= 0.3 is 0 Å². The van der Waals surface area contributed by atoms with Crippen LogP contribution < -0.4 is 5.73 Å². The van der Waals surface area contributed by atoms with Gasteiger partial charge in [0, 0.05) is 32.1 Å². The Labute approximate surface area is 118 Å². The summed E-state index contributed by atoms with van der Waals surface area (Å²) in [5.41, 5.74) is 5.60. The molecule has 19 heavy (non-hydrogen) atoms. The molecule has 2 atom stereocenters. The first-order valence-corrected chi connectivity index (χ1v) is 7.80. The third-order valence-corrected chi connectivity index (χ3v) is 4.52. The summed E-state index contributed by atoms with van der Waals surface area (Å²) < 4.78 is 0. The number of carbonyl (C=O) groups excluding carboxylic acids is 1. The van der Waals surface area contributed by atoms with Crippen LogP contribution in [0.15, 0.2) is 0 Å². The van der Waals surface area contributed by atoms with E-state index in [-0.39, 0.29) is 0 Å². The van der Waals surface area contributed by atoms with Crippen LogP contribution in [-0.2, 0) is 4.79 Å². The standard InChI is InChI=1S/C15H31N3O/c1-4-13(8-9-16)6-7-15(19)18-11-10-17(3)14(5-2)12-18/h13-14H,4-12,16H2,1-3H3. The highest BCUT2D eigenvalue weighted by Gasteiger charge is 2.25. The fraction of sp³-hybridized carbons (Fsp3) is 0.933. The van der Waals surface area contributed by atoms with E-state index in [9.17, 15) is 4.79 Å². The van der Waals surface area contributed by atoms with Crippen LogP contribution in [0.4, 0.5) is 0 Å². The third kappa shape index (κ3) is 5.11. The van der Waals surface area contributed by atoms with Crippen molar-refractivity contribution in [3.63, 3.8) is 0 Å². The van der Waals surface area contributed by atoms with Crippen molar-refractivity contribution in [3.8, 4) is 0 Å². The van der Waals surface area contributed by atoms with Gasteiger partial charge in [0.05, 0.1) is 0 Å². The maximum atomic E-state index is 12.3. The summed E-state index contributed by atoms with van der Waals surface area (Å²) in [5.74, 6) is 0.949. The molecule has 2 unspecified atom stereocenters. The second kappa shape index (κ2) is 8.54. The summed E-state index contributed by atoms with van der Waals surface area (Å²) in [4.78, 5) is 16.7. The van der Waals surface area contributed by atoms with Gasteiger partial charge in [-0.3, -0.25) is 9.69 Å². The smallest absolute Gasteiger partial charge is 0.222 e. The van der Waals surface area contributed by atoms with Crippen LogP contribution in [0, 0.1) is 5.92 Å². The molecule has 4 nitrogen and oxygen atoms in total. The molecule has 1 saturated heterocycles. The van der Waals surface area contributed by atoms with Crippen molar-refractivity contribution in [1.82, 2.24) is 9.80 Å². The van der Waals surface area contributed by atoms with Crippen LogP contribution in [0.3, 0.4) is 0 Å². The Kier molecular flexibility index (Phi) is 7.39. The lowest BCUT2D eigenvalue weighted by Crippen LogP contribution is -2.52. The predicted octanol–water partition coefficient (Wildman–Crippen LogP) is 1.69. The molecule has 2 N–H and O–H groups in total. The highest BCUT2D eigenvalue weighted by atomic mass is 16.2. The average Bonchev–Trinajstić information content (AvgIpc) is 2.43. The summed E-state index contributed by atoms with van der Waals surface area (Å²) >= 11 is 0. The number of carbonyl (C=O) groups is 1. The Hall–Kier alpha value is -0.610. The number of nitrogens with zero attached hydrogens (tertiary/aromatic N) is 2. The topological polar surface area (TPSA) is 49.6 Å². The summed E-state index contributed by atoms with van der Waals surface area (Å²) in [7, 11) is 2.16. The normalized spacial score (nSPS) is 22.5. The van der Waals surface area contributed by atoms with Gasteiger partial charge in [0.15, 0.2) is 0 Å². The molecule has 1 aliphatic rings. The van der Waals surface area contributed by atoms with Gasteiger partial charge in [-0.25, -0.2) is 0 Å². The van der Waals surface area contributed by atoms with E-state index < -0.39 is 0 Å². The second-order valence-electron chi connectivity index (χ2n) is 5.77. The molecule has 0 aromatic rings. The number of rotatable bonds is 7. The molecule has 1 aliphatic heterocycles. The maximum Gasteiger partial charge on any atom is 0.222 e. The molecule has 1 fully saturated rings. The van der Waals surface area contributed by atoms with Gasteiger partial charge in [0.25, 0.3) is 0 Å². The van der Waals surface area contributed by atoms with Gasteiger partial charge in [-0.05, 0) is 38.8 Å². The zero-order chi connectivity index (χ0) is 14.3. The predicted molar refractivity (Wildman–Crippen MR) is 80.0 cm³/mol. The highest BCUT2D eigenvalue weighted by Crippen LogP contribution is 2.17. The number of amides is 1. The fourth-order valence-corrected chi connectivity index (χ4v) is 2.89. The molecule has 0 spiro atoms. The molecule has 112 valence electrons. The van der Waals surface area contributed by atoms with Crippen LogP contribution in [0.2, 0.25) is 0 Å². The van der Waals surface area contributed by atoms with Crippen molar-refractivity contribution >= 4 is 5.91 Å². The van der Waals surface area contributed by atoms with Crippen molar-refractivity contribution in [2.45, 2.75) is 52.0 Å². The lowest BCUT2D eigenvalue weighted by atomic mass is 9.96. The van der Waals surface area contributed by atoms with Gasteiger partial charge < -0.3 is 10.6 Å². The van der Waals surface area contributed by atoms with E-state index in [1.807, 2.05) is 0 Å². The zero-order valence-corrected chi connectivity index (χ0v) is 12.9. The summed E-state index contributed by atoms with van der Waals surface area (Å²) in [5, 5.41) is 0. The second-order valence-corrected chi connectivity index (χ2v) is 5.77. The first-order valence-electron chi connectivity index (χ1n) is 7.80. The van der Waals surface area contributed by atoms with Crippen molar-refractivity contribution in [3.05, 3.63) is 0 Å². The molecule has 0 bridgehead atoms. The molecule has 1 rings (SSSR count). The Bertz CT molecular complexity index is 270. The monoisotopic (exact) mass is 269 g/mol. The Morgan fingerprint density at radius 2 is 2.05 bits per heavy atom. The third-order valence-electron chi connectivity index (χ3n) is 4.52. The number of piperazine rings is 1. The van der Waals surface area contributed by atoms with Crippen LogP contribution >= 0.6 is 0 Å². The maximum absolute atomic E-state index is 12.3. The van der Waals surface area contributed by atoms with Crippen LogP contribution in [-0.4, -0.2) is 55.0 Å². The highest BCUT2D eigenvalue weighted by molar-refractivity contribution is 5.76. The minimum Gasteiger partial charge on any atom is -0.340 e. The van der Waals surface area contributed by atoms with Crippen molar-refractivity contribution in [2.24, 2.45) is 11.7 Å². The first-order chi connectivity index (χ1) is 9.12. The number of hydrogen-bond acceptors (Lipinski definition) is 3. The van der Waals surface area contributed by atoms with E-state index in [2.05, 4.69) is 30.7 Å². The summed E-state index contributed by atoms with van der Waals surface area (Å²) in [6.45, 7) is 7.92. The van der Waals surface area contributed by atoms with Gasteiger partial charge in [-0.1, -0.05) is 20.3 Å². The molecular weight excluding hydrogens is 238 g/mol. The van der Waals surface area contributed by atoms with E-state index in [1.54, 1.807) is 0 Å². The Morgan fingerprint density at radius 1 is 1.32 bits per heavy atom. The number of nitrogens with two attached hydrogens (primary N) is 1. The molecule has 0 aliphatic carbocycles. The van der Waals surface area contributed by atoms with Gasteiger partial charge in [-0.2, -0.15) is 0 Å². The van der Waals surface area contributed by atoms with E-state index in [0.29, 0.717) is 24.3 Å². The van der Waals surface area contributed by atoms with E-state index in [1.165, 1.54) is 0 Å². The van der Waals surface area contributed by atoms with E-state index in [0.717, 1.165) is 51.9 Å². The van der Waals surface area contributed by atoms with E-state index in [4.69, 9.17) is 5.73 Å². The molecule has 0 saturated carbocycles. The molecule has 1 amide bonds. The van der Waals surface area contributed by atoms with Crippen LogP contribution in [0.1, 0.15) is 46.0 Å². The molecule has 0 radical (unpaired) electrons. The lowest BCUT2D eigenvalue weighted by Gasteiger charge is -2.39. The van der Waals surface area contributed by atoms with Gasteiger partial charge in [-0.15, -0.1) is 0 Å². The molecule has 0 aromatic heterocycles. The number of hydrogen-bond donors (Lipinski definition) is 1. The first kappa shape index (κ1) is 16.4. The Morgan fingerprint density at radius 3 is 2.63 bits per heavy atom. The molecule has 4 heteroatoms. The van der Waals surface area contributed by atoms with E-state index >= 15 is 0 Å². The average molecular weight is 269 g/mol. The van der Waals surface area contributed by atoms with Gasteiger partial charge in [0.2, 0.25) is 5.91 Å².